The van der Waals surface area contributed by atoms with E-state index in [0.717, 1.165) is 17.5 Å². The second-order valence-electron chi connectivity index (χ2n) is 6.57. The Morgan fingerprint density at radius 1 is 1.17 bits per heavy atom. The smallest absolute Gasteiger partial charge is 0.368 e. The molecule has 4 aromatic rings. The summed E-state index contributed by atoms with van der Waals surface area (Å²) in [5.74, 6) is -0.470. The summed E-state index contributed by atoms with van der Waals surface area (Å²) in [6.45, 7) is -1.25. The number of rotatable bonds is 5. The molecule has 2 heterocycles. The van der Waals surface area contributed by atoms with Crippen molar-refractivity contribution in [1.29, 1.82) is 0 Å². The molecule has 0 aliphatic carbocycles. The summed E-state index contributed by atoms with van der Waals surface area (Å²) < 4.78 is 59.3. The van der Waals surface area contributed by atoms with Crippen LogP contribution in [0.4, 0.5) is 17.6 Å². The topological polar surface area (TPSA) is 86.9 Å². The number of nitrogens with two attached hydrogens (primary N) is 1. The monoisotopic (exact) mass is 418 g/mol. The fourth-order valence-electron chi connectivity index (χ4n) is 3.26. The molecule has 10 heteroatoms. The standard InChI is InChI=1S/C20H14F4N4O2/c21-9-12-5-4-11(8-15(12)20(22,23)24)19-26-18(27-30-19)14-2-1-3-16-13(14)6-7-28(16)10-17(25)29/h1-8H,9-10H2,(H2,25,29). The van der Waals surface area contributed by atoms with Crippen LogP contribution in [0.2, 0.25) is 0 Å². The molecule has 2 aromatic heterocycles. The summed E-state index contributed by atoms with van der Waals surface area (Å²) in [5, 5.41) is 4.59. The van der Waals surface area contributed by atoms with Gasteiger partial charge in [0.05, 0.1) is 5.56 Å². The minimum absolute atomic E-state index is 0.00835. The third kappa shape index (κ3) is 3.51. The number of benzene rings is 2. The van der Waals surface area contributed by atoms with Gasteiger partial charge in [-0.15, -0.1) is 0 Å². The van der Waals surface area contributed by atoms with Crippen molar-refractivity contribution in [2.45, 2.75) is 19.4 Å². The highest BCUT2D eigenvalue weighted by Crippen LogP contribution is 2.36. The normalized spacial score (nSPS) is 11.9. The number of halogens is 4. The summed E-state index contributed by atoms with van der Waals surface area (Å²) in [6, 6.07) is 10.1. The van der Waals surface area contributed by atoms with Gasteiger partial charge in [-0.3, -0.25) is 4.79 Å². The summed E-state index contributed by atoms with van der Waals surface area (Å²) >= 11 is 0. The fraction of sp³-hybridized carbons (Fsp3) is 0.150. The number of primary amides is 1. The van der Waals surface area contributed by atoms with Gasteiger partial charge in [-0.2, -0.15) is 18.2 Å². The molecule has 0 unspecified atom stereocenters. The predicted octanol–water partition coefficient (Wildman–Crippen LogP) is 4.33. The Kier molecular flexibility index (Phi) is 4.76. The predicted molar refractivity (Wildman–Crippen MR) is 99.7 cm³/mol. The molecule has 0 spiro atoms. The van der Waals surface area contributed by atoms with Crippen LogP contribution in [-0.4, -0.2) is 20.6 Å². The Balaban J connectivity index is 1.75. The summed E-state index contributed by atoms with van der Waals surface area (Å²) in [4.78, 5) is 15.4. The second kappa shape index (κ2) is 7.29. The maximum absolute atomic E-state index is 13.2. The SMILES string of the molecule is NC(=O)Cn1ccc2c(-c3noc(-c4ccc(CF)c(C(F)(F)F)c4)n3)cccc21. The Bertz CT molecular complexity index is 1240. The van der Waals surface area contributed by atoms with Crippen molar-refractivity contribution in [2.75, 3.05) is 0 Å². The molecule has 0 aliphatic heterocycles. The number of nitrogens with zero attached hydrogens (tertiary/aromatic N) is 3. The second-order valence-corrected chi connectivity index (χ2v) is 6.57. The van der Waals surface area contributed by atoms with E-state index in [4.69, 9.17) is 10.3 Å². The van der Waals surface area contributed by atoms with Crippen LogP contribution in [0.5, 0.6) is 0 Å². The number of aromatic nitrogens is 3. The first-order chi connectivity index (χ1) is 14.3. The number of amides is 1. The van der Waals surface area contributed by atoms with Gasteiger partial charge < -0.3 is 14.8 Å². The van der Waals surface area contributed by atoms with Crippen LogP contribution in [0, 0.1) is 0 Å². The van der Waals surface area contributed by atoms with Crippen molar-refractivity contribution in [3.8, 4) is 22.8 Å². The van der Waals surface area contributed by atoms with Crippen LogP contribution >= 0.6 is 0 Å². The van der Waals surface area contributed by atoms with Crippen LogP contribution < -0.4 is 5.73 Å². The van der Waals surface area contributed by atoms with Gasteiger partial charge in [0.25, 0.3) is 5.89 Å². The molecule has 6 nitrogen and oxygen atoms in total. The van der Waals surface area contributed by atoms with Crippen molar-refractivity contribution in [3.05, 3.63) is 59.8 Å². The van der Waals surface area contributed by atoms with Gasteiger partial charge in [0.15, 0.2) is 0 Å². The van der Waals surface area contributed by atoms with Crippen molar-refractivity contribution in [2.24, 2.45) is 5.73 Å². The van der Waals surface area contributed by atoms with Crippen molar-refractivity contribution >= 4 is 16.8 Å². The van der Waals surface area contributed by atoms with E-state index < -0.39 is 29.9 Å². The van der Waals surface area contributed by atoms with E-state index in [1.54, 1.807) is 35.0 Å². The van der Waals surface area contributed by atoms with Crippen LogP contribution in [0.3, 0.4) is 0 Å². The molecule has 154 valence electrons. The zero-order valence-electron chi connectivity index (χ0n) is 15.3. The lowest BCUT2D eigenvalue weighted by Gasteiger charge is -2.11. The molecule has 1 amide bonds. The minimum Gasteiger partial charge on any atom is -0.368 e. The van der Waals surface area contributed by atoms with E-state index in [9.17, 15) is 22.4 Å². The molecule has 0 fully saturated rings. The molecule has 2 aromatic carbocycles. The van der Waals surface area contributed by atoms with E-state index in [1.807, 2.05) is 0 Å². The van der Waals surface area contributed by atoms with Gasteiger partial charge >= 0.3 is 6.18 Å². The lowest BCUT2D eigenvalue weighted by Crippen LogP contribution is -2.17. The Labute approximate surface area is 166 Å². The number of carbonyl (C=O) groups is 1. The first kappa shape index (κ1) is 19.6. The van der Waals surface area contributed by atoms with Gasteiger partial charge in [-0.1, -0.05) is 23.4 Å². The van der Waals surface area contributed by atoms with E-state index in [0.29, 0.717) is 11.1 Å². The zero-order valence-corrected chi connectivity index (χ0v) is 15.3. The number of fused-ring (bicyclic) bond motifs is 1. The number of alkyl halides is 4. The molecule has 4 rings (SSSR count). The molecule has 0 bridgehead atoms. The fourth-order valence-corrected chi connectivity index (χ4v) is 3.26. The first-order valence-electron chi connectivity index (χ1n) is 8.74. The molecule has 0 atom stereocenters. The Morgan fingerprint density at radius 3 is 2.67 bits per heavy atom. The molecule has 2 N–H and O–H groups in total. The average Bonchev–Trinajstić information content (AvgIpc) is 3.34. The first-order valence-corrected chi connectivity index (χ1v) is 8.74. The van der Waals surface area contributed by atoms with Gasteiger partial charge in [0, 0.05) is 28.2 Å². The van der Waals surface area contributed by atoms with Gasteiger partial charge in [-0.05, 0) is 29.8 Å². The van der Waals surface area contributed by atoms with E-state index in [-0.39, 0.29) is 23.8 Å². The van der Waals surface area contributed by atoms with Gasteiger partial charge in [-0.25, -0.2) is 4.39 Å². The maximum atomic E-state index is 13.2. The molecule has 0 saturated carbocycles. The van der Waals surface area contributed by atoms with Crippen LogP contribution in [0.1, 0.15) is 11.1 Å². The lowest BCUT2D eigenvalue weighted by atomic mass is 10.0. The molecule has 30 heavy (non-hydrogen) atoms. The highest BCUT2D eigenvalue weighted by Gasteiger charge is 2.34. The Hall–Kier alpha value is -3.69. The van der Waals surface area contributed by atoms with E-state index >= 15 is 0 Å². The van der Waals surface area contributed by atoms with Crippen LogP contribution in [0.15, 0.2) is 53.2 Å². The zero-order chi connectivity index (χ0) is 21.5. The summed E-state index contributed by atoms with van der Waals surface area (Å²) in [6.07, 6.45) is -3.03. The van der Waals surface area contributed by atoms with E-state index in [1.165, 1.54) is 6.07 Å². The molecule has 0 saturated heterocycles. The quantitative estimate of drug-likeness (QED) is 0.489. The summed E-state index contributed by atoms with van der Waals surface area (Å²) in [7, 11) is 0. The molecular weight excluding hydrogens is 404 g/mol. The van der Waals surface area contributed by atoms with Crippen molar-refractivity contribution in [1.82, 2.24) is 14.7 Å². The van der Waals surface area contributed by atoms with Crippen LogP contribution in [-0.2, 0) is 24.2 Å². The van der Waals surface area contributed by atoms with Gasteiger partial charge in [0.2, 0.25) is 11.7 Å². The van der Waals surface area contributed by atoms with Crippen molar-refractivity contribution in [3.63, 3.8) is 0 Å². The minimum atomic E-state index is -4.71. The molecule has 0 aliphatic rings. The average molecular weight is 418 g/mol. The Morgan fingerprint density at radius 2 is 1.97 bits per heavy atom. The highest BCUT2D eigenvalue weighted by molar-refractivity contribution is 5.94. The third-order valence-electron chi connectivity index (χ3n) is 4.61. The largest absolute Gasteiger partial charge is 0.416 e. The van der Waals surface area contributed by atoms with Crippen molar-refractivity contribution < 1.29 is 26.9 Å². The molecular formula is C20H14F4N4O2. The van der Waals surface area contributed by atoms with Gasteiger partial charge in [0.1, 0.15) is 13.2 Å². The lowest BCUT2D eigenvalue weighted by molar-refractivity contribution is -0.138. The highest BCUT2D eigenvalue weighted by atomic mass is 19.4. The number of carbonyl (C=O) groups excluding carboxylic acids is 1. The summed E-state index contributed by atoms with van der Waals surface area (Å²) in [5.41, 5.74) is 5.00. The third-order valence-corrected chi connectivity index (χ3v) is 4.61. The van der Waals surface area contributed by atoms with Crippen LogP contribution in [0.25, 0.3) is 33.7 Å². The number of hydrogen-bond acceptors (Lipinski definition) is 4. The number of hydrogen-bond donors (Lipinski definition) is 1. The van der Waals surface area contributed by atoms with E-state index in [2.05, 4.69) is 10.1 Å². The maximum Gasteiger partial charge on any atom is 0.416 e. The molecule has 0 radical (unpaired) electrons.